The van der Waals surface area contributed by atoms with Crippen molar-refractivity contribution in [3.63, 3.8) is 0 Å². The number of hydrogen-bond acceptors (Lipinski definition) is 1. The van der Waals surface area contributed by atoms with E-state index in [1.165, 1.54) is 6.92 Å². The summed E-state index contributed by atoms with van der Waals surface area (Å²) in [6.07, 6.45) is 3.20. The van der Waals surface area contributed by atoms with E-state index >= 15 is 0 Å². The van der Waals surface area contributed by atoms with E-state index < -0.39 is 0 Å². The number of carbonyl (C=O) groups is 1. The fourth-order valence-electron chi connectivity index (χ4n) is 0.380. The van der Waals surface area contributed by atoms with E-state index in [0.29, 0.717) is 0 Å². The van der Waals surface area contributed by atoms with Gasteiger partial charge < -0.3 is 0 Å². The number of ketones is 1. The van der Waals surface area contributed by atoms with E-state index in [1.54, 1.807) is 12.2 Å². The highest BCUT2D eigenvalue weighted by atomic mass is 16.1. The Morgan fingerprint density at radius 1 is 1.50 bits per heavy atom. The maximum Gasteiger partial charge on any atom is 0.152 e. The fraction of sp³-hybridized carbons (Fsp3) is 0.286. The second-order valence-corrected chi connectivity index (χ2v) is 1.70. The zero-order chi connectivity index (χ0) is 6.57. The molecule has 0 atom stereocenters. The first-order valence-corrected chi connectivity index (χ1v) is 2.48. The smallest absolute Gasteiger partial charge is 0.152 e. The predicted octanol–water partition coefficient (Wildman–Crippen LogP) is 1.71. The van der Waals surface area contributed by atoms with E-state index in [1.807, 2.05) is 6.92 Å². The standard InChI is InChI=1S/C7H10O/c1-4-6(2)5-7(3)8/h4-5H,1H2,2-3H3. The van der Waals surface area contributed by atoms with Crippen LogP contribution in [0.25, 0.3) is 0 Å². The molecule has 0 rings (SSSR count). The molecule has 8 heavy (non-hydrogen) atoms. The molecule has 0 amide bonds. The lowest BCUT2D eigenvalue weighted by atomic mass is 10.2. The topological polar surface area (TPSA) is 17.1 Å². The zero-order valence-electron chi connectivity index (χ0n) is 5.27. The SMILES string of the molecule is C=CC(C)=CC(C)=O. The van der Waals surface area contributed by atoms with Gasteiger partial charge in [-0.05, 0) is 25.5 Å². The molecule has 1 nitrogen and oxygen atoms in total. The van der Waals surface area contributed by atoms with Crippen molar-refractivity contribution in [2.75, 3.05) is 0 Å². The quantitative estimate of drug-likeness (QED) is 0.390. The normalized spacial score (nSPS) is 11.0. The van der Waals surface area contributed by atoms with Gasteiger partial charge in [0.25, 0.3) is 0 Å². The average Bonchev–Trinajstić information content (AvgIpc) is 1.65. The molecule has 0 aliphatic heterocycles. The summed E-state index contributed by atoms with van der Waals surface area (Å²) >= 11 is 0. The first kappa shape index (κ1) is 7.15. The van der Waals surface area contributed by atoms with Gasteiger partial charge in [0.05, 0.1) is 0 Å². The van der Waals surface area contributed by atoms with Crippen molar-refractivity contribution in [1.82, 2.24) is 0 Å². The highest BCUT2D eigenvalue weighted by molar-refractivity contribution is 5.88. The second kappa shape index (κ2) is 3.19. The Bertz CT molecular complexity index is 131. The minimum Gasteiger partial charge on any atom is -0.295 e. The molecule has 0 aromatic heterocycles. The number of rotatable bonds is 2. The van der Waals surface area contributed by atoms with Crippen molar-refractivity contribution >= 4 is 5.78 Å². The van der Waals surface area contributed by atoms with E-state index in [0.717, 1.165) is 5.57 Å². The van der Waals surface area contributed by atoms with Crippen molar-refractivity contribution in [3.8, 4) is 0 Å². The van der Waals surface area contributed by atoms with Crippen molar-refractivity contribution < 1.29 is 4.79 Å². The van der Waals surface area contributed by atoms with Crippen molar-refractivity contribution in [2.24, 2.45) is 0 Å². The van der Waals surface area contributed by atoms with Crippen LogP contribution in [0.2, 0.25) is 0 Å². The molecule has 0 aliphatic carbocycles. The third-order valence-electron chi connectivity index (χ3n) is 0.753. The van der Waals surface area contributed by atoms with Gasteiger partial charge in [0.2, 0.25) is 0 Å². The summed E-state index contributed by atoms with van der Waals surface area (Å²) in [5, 5.41) is 0. The summed E-state index contributed by atoms with van der Waals surface area (Å²) in [5.41, 5.74) is 0.914. The summed E-state index contributed by atoms with van der Waals surface area (Å²) < 4.78 is 0. The van der Waals surface area contributed by atoms with Gasteiger partial charge in [0, 0.05) is 0 Å². The lowest BCUT2D eigenvalue weighted by Crippen LogP contribution is -1.81. The van der Waals surface area contributed by atoms with Crippen LogP contribution in [0.1, 0.15) is 13.8 Å². The van der Waals surface area contributed by atoms with Gasteiger partial charge in [-0.2, -0.15) is 0 Å². The first-order valence-electron chi connectivity index (χ1n) is 2.48. The Balaban J connectivity index is 3.94. The van der Waals surface area contributed by atoms with Crippen LogP contribution >= 0.6 is 0 Å². The van der Waals surface area contributed by atoms with Gasteiger partial charge in [-0.15, -0.1) is 0 Å². The molecule has 0 unspecified atom stereocenters. The summed E-state index contributed by atoms with van der Waals surface area (Å²) in [4.78, 5) is 10.3. The van der Waals surface area contributed by atoms with Crippen LogP contribution in [0.4, 0.5) is 0 Å². The largest absolute Gasteiger partial charge is 0.295 e. The van der Waals surface area contributed by atoms with Crippen LogP contribution in [0.5, 0.6) is 0 Å². The van der Waals surface area contributed by atoms with Gasteiger partial charge in [0.15, 0.2) is 5.78 Å². The molecule has 0 N–H and O–H groups in total. The minimum absolute atomic E-state index is 0.0717. The van der Waals surface area contributed by atoms with Gasteiger partial charge in [0.1, 0.15) is 0 Å². The average molecular weight is 110 g/mol. The summed E-state index contributed by atoms with van der Waals surface area (Å²) in [6.45, 7) is 6.86. The molecule has 44 valence electrons. The Morgan fingerprint density at radius 3 is 2.12 bits per heavy atom. The fourth-order valence-corrected chi connectivity index (χ4v) is 0.380. The maximum absolute atomic E-state index is 10.3. The van der Waals surface area contributed by atoms with Gasteiger partial charge in [-0.1, -0.05) is 12.7 Å². The predicted molar refractivity (Wildman–Crippen MR) is 34.6 cm³/mol. The van der Waals surface area contributed by atoms with Crippen LogP contribution in [0.15, 0.2) is 24.3 Å². The Labute approximate surface area is 49.7 Å². The molecule has 0 saturated carbocycles. The Morgan fingerprint density at radius 2 is 2.00 bits per heavy atom. The van der Waals surface area contributed by atoms with Crippen molar-refractivity contribution in [1.29, 1.82) is 0 Å². The summed E-state index contributed by atoms with van der Waals surface area (Å²) in [5.74, 6) is 0.0717. The molecule has 0 radical (unpaired) electrons. The molecule has 1 heteroatoms. The molecule has 0 fully saturated rings. The van der Waals surface area contributed by atoms with Crippen LogP contribution < -0.4 is 0 Å². The Hall–Kier alpha value is -0.850. The third kappa shape index (κ3) is 3.34. The van der Waals surface area contributed by atoms with Gasteiger partial charge in [-0.3, -0.25) is 4.79 Å². The highest BCUT2D eigenvalue weighted by Crippen LogP contribution is 1.91. The molecular weight excluding hydrogens is 100 g/mol. The molecule has 0 heterocycles. The lowest BCUT2D eigenvalue weighted by molar-refractivity contribution is -0.112. The second-order valence-electron chi connectivity index (χ2n) is 1.70. The van der Waals surface area contributed by atoms with Crippen molar-refractivity contribution in [2.45, 2.75) is 13.8 Å². The molecule has 0 aromatic rings. The van der Waals surface area contributed by atoms with Crippen LogP contribution in [0, 0.1) is 0 Å². The molecule has 0 aliphatic rings. The van der Waals surface area contributed by atoms with E-state index in [2.05, 4.69) is 6.58 Å². The van der Waals surface area contributed by atoms with E-state index in [-0.39, 0.29) is 5.78 Å². The van der Waals surface area contributed by atoms with Crippen LogP contribution in [-0.4, -0.2) is 5.78 Å². The zero-order valence-corrected chi connectivity index (χ0v) is 5.27. The molecule has 0 bridgehead atoms. The lowest BCUT2D eigenvalue weighted by Gasteiger charge is -1.83. The van der Waals surface area contributed by atoms with E-state index in [4.69, 9.17) is 0 Å². The molecule has 0 aromatic carbocycles. The van der Waals surface area contributed by atoms with E-state index in [9.17, 15) is 4.79 Å². The van der Waals surface area contributed by atoms with Crippen LogP contribution in [0.3, 0.4) is 0 Å². The summed E-state index contributed by atoms with van der Waals surface area (Å²) in [6, 6.07) is 0. The minimum atomic E-state index is 0.0717. The first-order chi connectivity index (χ1) is 3.66. The van der Waals surface area contributed by atoms with Crippen molar-refractivity contribution in [3.05, 3.63) is 24.3 Å². The van der Waals surface area contributed by atoms with Gasteiger partial charge in [-0.25, -0.2) is 0 Å². The highest BCUT2D eigenvalue weighted by Gasteiger charge is 1.82. The van der Waals surface area contributed by atoms with Gasteiger partial charge >= 0.3 is 0 Å². The Kier molecular flexibility index (Phi) is 2.85. The molecule has 0 saturated heterocycles. The monoisotopic (exact) mass is 110 g/mol. The number of carbonyl (C=O) groups excluding carboxylic acids is 1. The number of hydrogen-bond donors (Lipinski definition) is 0. The maximum atomic E-state index is 10.3. The third-order valence-corrected chi connectivity index (χ3v) is 0.753. The van der Waals surface area contributed by atoms with Crippen LogP contribution in [-0.2, 0) is 4.79 Å². The number of allylic oxidation sites excluding steroid dienone is 3. The molecular formula is C7H10O. The molecule has 0 spiro atoms. The summed E-state index contributed by atoms with van der Waals surface area (Å²) in [7, 11) is 0.